The molecule has 0 unspecified atom stereocenters. The number of carbonyl (C=O) groups excluding carboxylic acids is 2. The zero-order valence-corrected chi connectivity index (χ0v) is 18.6. The number of urea groups is 1. The number of carboxylic acid groups (broad SMARTS) is 1. The minimum absolute atomic E-state index is 0.0429. The van der Waals surface area contributed by atoms with Gasteiger partial charge in [-0.2, -0.15) is 0 Å². The Balaban J connectivity index is 1.97. The largest absolute Gasteiger partial charge is 0.480 e. The number of ether oxygens (including phenoxy) is 1. The Labute approximate surface area is 188 Å². The lowest BCUT2D eigenvalue weighted by Gasteiger charge is -2.23. The molecule has 6 N–H and O–H groups in total. The molecule has 1 saturated heterocycles. The summed E-state index contributed by atoms with van der Waals surface area (Å²) in [6, 6.07) is 0.404. The Morgan fingerprint density at radius 2 is 1.97 bits per heavy atom. The van der Waals surface area contributed by atoms with Crippen LogP contribution in [0.25, 0.3) is 0 Å². The van der Waals surface area contributed by atoms with Crippen LogP contribution in [0.2, 0.25) is 0 Å². The molecule has 1 fully saturated rings. The molecule has 0 spiro atoms. The quantitative estimate of drug-likeness (QED) is 0.457. The van der Waals surface area contributed by atoms with Crippen LogP contribution in [-0.2, 0) is 20.7 Å². The lowest BCUT2D eigenvalue weighted by Crippen LogP contribution is -2.55. The number of hydrogen-bond donors (Lipinski definition) is 5. The number of carboxylic acids is 1. The first kappa shape index (κ1) is 25.4. The van der Waals surface area contributed by atoms with Gasteiger partial charge >= 0.3 is 12.0 Å². The molecule has 178 valence electrons. The molecule has 1 aromatic rings. The smallest absolute Gasteiger partial charge is 0.326 e. The third-order valence-electron chi connectivity index (χ3n) is 5.30. The number of hydrogen-bond acceptors (Lipinski definition) is 6. The molecule has 2 rings (SSSR count). The van der Waals surface area contributed by atoms with E-state index in [0.29, 0.717) is 31.0 Å². The summed E-state index contributed by atoms with van der Waals surface area (Å²) in [5.74, 6) is -1.16. The van der Waals surface area contributed by atoms with Gasteiger partial charge in [0.2, 0.25) is 5.91 Å². The molecule has 2 heterocycles. The molecule has 0 aliphatic carbocycles. The fourth-order valence-electron chi connectivity index (χ4n) is 3.52. The molecular weight excluding hydrogens is 414 g/mol. The second-order valence-corrected chi connectivity index (χ2v) is 8.25. The van der Waals surface area contributed by atoms with Crippen LogP contribution in [0.4, 0.5) is 10.6 Å². The van der Waals surface area contributed by atoms with Crippen molar-refractivity contribution < 1.29 is 24.2 Å². The molecule has 0 bridgehead atoms. The lowest BCUT2D eigenvalue weighted by molar-refractivity contribution is -0.139. The van der Waals surface area contributed by atoms with Crippen LogP contribution in [0.1, 0.15) is 57.4 Å². The number of amides is 3. The van der Waals surface area contributed by atoms with Gasteiger partial charge in [0.25, 0.3) is 0 Å². The van der Waals surface area contributed by atoms with Crippen LogP contribution in [0.5, 0.6) is 0 Å². The summed E-state index contributed by atoms with van der Waals surface area (Å²) in [6.07, 6.45) is 8.06. The summed E-state index contributed by atoms with van der Waals surface area (Å²) in [5, 5.41) is 17.5. The van der Waals surface area contributed by atoms with Crippen LogP contribution in [0.3, 0.4) is 0 Å². The Morgan fingerprint density at radius 3 is 2.66 bits per heavy atom. The van der Waals surface area contributed by atoms with Crippen molar-refractivity contribution in [3.8, 4) is 0 Å². The molecule has 10 heteroatoms. The average Bonchev–Trinajstić information content (AvgIpc) is 2.74. The highest BCUT2D eigenvalue weighted by Crippen LogP contribution is 2.11. The van der Waals surface area contributed by atoms with E-state index in [2.05, 4.69) is 20.9 Å². The van der Waals surface area contributed by atoms with E-state index in [0.717, 1.165) is 38.5 Å². The van der Waals surface area contributed by atoms with Crippen molar-refractivity contribution in [2.45, 2.75) is 76.4 Å². The standard InChI is InChI=1S/C22H35N5O5/c1-15-14-32-11-7-5-3-2-4-6-8-17(20(28)25-15)26-22(31)27-18(21(29)30)12-16-9-10-19(23)24-13-16/h9-10,13,15,17-18H,2-8,11-12,14H2,1H3,(H2,23,24)(H,25,28)(H,29,30)(H2,26,27,31)/t15-,17+,18-/m0/s1. The van der Waals surface area contributed by atoms with Gasteiger partial charge in [0.15, 0.2) is 0 Å². The molecular formula is C22H35N5O5. The van der Waals surface area contributed by atoms with Crippen molar-refractivity contribution in [2.75, 3.05) is 18.9 Å². The first-order valence-electron chi connectivity index (χ1n) is 11.2. The molecule has 32 heavy (non-hydrogen) atoms. The van der Waals surface area contributed by atoms with Gasteiger partial charge in [-0.3, -0.25) is 4.79 Å². The first-order valence-corrected chi connectivity index (χ1v) is 11.2. The van der Waals surface area contributed by atoms with Gasteiger partial charge in [-0.15, -0.1) is 0 Å². The first-order chi connectivity index (χ1) is 15.3. The fraction of sp³-hybridized carbons (Fsp3) is 0.636. The summed E-state index contributed by atoms with van der Waals surface area (Å²) in [6.45, 7) is 2.92. The number of nitrogen functional groups attached to an aromatic ring is 1. The number of anilines is 1. The number of nitrogens with two attached hydrogens (primary N) is 1. The number of nitrogens with zero attached hydrogens (tertiary/aromatic N) is 1. The van der Waals surface area contributed by atoms with E-state index in [9.17, 15) is 19.5 Å². The zero-order valence-electron chi connectivity index (χ0n) is 18.6. The monoisotopic (exact) mass is 449 g/mol. The molecule has 1 aliphatic rings. The highest BCUT2D eigenvalue weighted by Gasteiger charge is 2.25. The van der Waals surface area contributed by atoms with E-state index >= 15 is 0 Å². The van der Waals surface area contributed by atoms with Crippen molar-refractivity contribution in [2.24, 2.45) is 0 Å². The summed E-state index contributed by atoms with van der Waals surface area (Å²) < 4.78 is 5.61. The van der Waals surface area contributed by atoms with Gasteiger partial charge in [-0.25, -0.2) is 14.6 Å². The summed E-state index contributed by atoms with van der Waals surface area (Å²) in [4.78, 5) is 40.9. The van der Waals surface area contributed by atoms with E-state index in [1.165, 1.54) is 6.20 Å². The Bertz CT molecular complexity index is 743. The van der Waals surface area contributed by atoms with E-state index in [4.69, 9.17) is 10.5 Å². The number of pyridine rings is 1. The van der Waals surface area contributed by atoms with Crippen molar-refractivity contribution in [3.05, 3.63) is 23.9 Å². The van der Waals surface area contributed by atoms with Gasteiger partial charge in [0, 0.05) is 25.3 Å². The molecule has 0 radical (unpaired) electrons. The number of rotatable bonds is 5. The number of aromatic nitrogens is 1. The number of aliphatic carboxylic acids is 1. The highest BCUT2D eigenvalue weighted by atomic mass is 16.5. The predicted molar refractivity (Wildman–Crippen MR) is 120 cm³/mol. The topological polar surface area (TPSA) is 156 Å². The van der Waals surface area contributed by atoms with Crippen LogP contribution >= 0.6 is 0 Å². The third-order valence-corrected chi connectivity index (χ3v) is 5.30. The maximum Gasteiger partial charge on any atom is 0.326 e. The molecule has 1 aromatic heterocycles. The Morgan fingerprint density at radius 1 is 1.25 bits per heavy atom. The minimum atomic E-state index is -1.18. The molecule has 3 atom stereocenters. The van der Waals surface area contributed by atoms with Gasteiger partial charge in [0.1, 0.15) is 17.9 Å². The molecule has 0 saturated carbocycles. The van der Waals surface area contributed by atoms with Crippen LogP contribution in [0.15, 0.2) is 18.3 Å². The Hall–Kier alpha value is -2.88. The van der Waals surface area contributed by atoms with Gasteiger partial charge in [-0.05, 0) is 31.4 Å². The third kappa shape index (κ3) is 9.51. The maximum atomic E-state index is 12.7. The lowest BCUT2D eigenvalue weighted by atomic mass is 10.0. The van der Waals surface area contributed by atoms with Gasteiger partial charge in [0.05, 0.1) is 6.61 Å². The summed E-state index contributed by atoms with van der Waals surface area (Å²) in [5.41, 5.74) is 6.17. The molecule has 3 amide bonds. The van der Waals surface area contributed by atoms with Crippen LogP contribution < -0.4 is 21.7 Å². The number of carbonyl (C=O) groups is 3. The van der Waals surface area contributed by atoms with Crippen molar-refractivity contribution >= 4 is 23.7 Å². The fourth-order valence-corrected chi connectivity index (χ4v) is 3.52. The van der Waals surface area contributed by atoms with E-state index in [-0.39, 0.29) is 18.4 Å². The van der Waals surface area contributed by atoms with Crippen molar-refractivity contribution in [3.63, 3.8) is 0 Å². The second kappa shape index (κ2) is 13.5. The normalized spacial score (nSPS) is 22.1. The predicted octanol–water partition coefficient (Wildman–Crippen LogP) is 1.59. The molecule has 1 aliphatic heterocycles. The minimum Gasteiger partial charge on any atom is -0.480 e. The SMILES string of the molecule is C[C@H]1COCCCCCCCC[C@@H](NC(=O)N[C@@H](Cc2ccc(N)nc2)C(=O)O)C(=O)N1. The van der Waals surface area contributed by atoms with E-state index in [1.807, 2.05) is 6.92 Å². The summed E-state index contributed by atoms with van der Waals surface area (Å²) in [7, 11) is 0. The maximum absolute atomic E-state index is 12.7. The Kier molecular flexibility index (Phi) is 10.7. The van der Waals surface area contributed by atoms with Gasteiger partial charge < -0.3 is 31.5 Å². The molecule has 0 aromatic carbocycles. The second-order valence-electron chi connectivity index (χ2n) is 8.25. The van der Waals surface area contributed by atoms with Crippen molar-refractivity contribution in [1.82, 2.24) is 20.9 Å². The van der Waals surface area contributed by atoms with Crippen LogP contribution in [0, 0.1) is 0 Å². The molecule has 10 nitrogen and oxygen atoms in total. The number of nitrogens with one attached hydrogen (secondary N) is 3. The summed E-state index contributed by atoms with van der Waals surface area (Å²) >= 11 is 0. The van der Waals surface area contributed by atoms with Gasteiger partial charge in [-0.1, -0.05) is 38.2 Å². The van der Waals surface area contributed by atoms with Crippen LogP contribution in [-0.4, -0.2) is 59.3 Å². The van der Waals surface area contributed by atoms with E-state index in [1.54, 1.807) is 12.1 Å². The highest BCUT2D eigenvalue weighted by molar-refractivity contribution is 5.89. The van der Waals surface area contributed by atoms with Crippen molar-refractivity contribution in [1.29, 1.82) is 0 Å². The average molecular weight is 450 g/mol. The van der Waals surface area contributed by atoms with E-state index < -0.39 is 24.1 Å². The zero-order chi connectivity index (χ0) is 23.3.